The Morgan fingerprint density at radius 1 is 1.04 bits per heavy atom. The second-order valence-electron chi connectivity index (χ2n) is 5.95. The zero-order valence-electron chi connectivity index (χ0n) is 13.1. The molecule has 2 N–H and O–H groups in total. The average Bonchev–Trinajstić information content (AvgIpc) is 3.39. The number of anilines is 1. The second-order valence-corrected chi connectivity index (χ2v) is 5.95. The summed E-state index contributed by atoms with van der Waals surface area (Å²) in [5.41, 5.74) is 3.58. The van der Waals surface area contributed by atoms with Crippen molar-refractivity contribution in [3.63, 3.8) is 0 Å². The lowest BCUT2D eigenvalue weighted by atomic mass is 10.1. The monoisotopic (exact) mass is 308 g/mol. The third kappa shape index (κ3) is 3.97. The Morgan fingerprint density at radius 2 is 1.74 bits per heavy atom. The Hall–Kier alpha value is -2.62. The van der Waals surface area contributed by atoms with E-state index >= 15 is 0 Å². The van der Waals surface area contributed by atoms with E-state index in [1.165, 1.54) is 0 Å². The van der Waals surface area contributed by atoms with Crippen molar-refractivity contribution in [1.82, 2.24) is 5.32 Å². The molecule has 0 radical (unpaired) electrons. The maximum absolute atomic E-state index is 12.2. The third-order valence-electron chi connectivity index (χ3n) is 4.06. The highest BCUT2D eigenvalue weighted by Crippen LogP contribution is 2.30. The van der Waals surface area contributed by atoms with Crippen molar-refractivity contribution in [3.05, 3.63) is 65.2 Å². The maximum atomic E-state index is 12.2. The highest BCUT2D eigenvalue weighted by molar-refractivity contribution is 5.96. The van der Waals surface area contributed by atoms with Gasteiger partial charge in [0.1, 0.15) is 0 Å². The summed E-state index contributed by atoms with van der Waals surface area (Å²) < 4.78 is 0. The van der Waals surface area contributed by atoms with Crippen molar-refractivity contribution in [2.24, 2.45) is 5.92 Å². The van der Waals surface area contributed by atoms with Gasteiger partial charge < -0.3 is 10.6 Å². The minimum absolute atomic E-state index is 0.0711. The van der Waals surface area contributed by atoms with Crippen LogP contribution < -0.4 is 10.6 Å². The molecule has 1 saturated carbocycles. The maximum Gasteiger partial charge on any atom is 0.251 e. The fourth-order valence-corrected chi connectivity index (χ4v) is 2.38. The highest BCUT2D eigenvalue weighted by Gasteiger charge is 2.29. The lowest BCUT2D eigenvalue weighted by Gasteiger charge is -2.09. The largest absolute Gasteiger partial charge is 0.348 e. The van der Waals surface area contributed by atoms with Crippen LogP contribution in [0.15, 0.2) is 48.5 Å². The number of aryl methyl sites for hydroxylation is 1. The number of nitrogens with one attached hydrogen (secondary N) is 2. The lowest BCUT2D eigenvalue weighted by Crippen LogP contribution is -2.23. The average molecular weight is 308 g/mol. The molecule has 0 aliphatic heterocycles. The van der Waals surface area contributed by atoms with E-state index in [9.17, 15) is 9.59 Å². The topological polar surface area (TPSA) is 58.2 Å². The molecule has 3 rings (SSSR count). The Morgan fingerprint density at radius 3 is 2.39 bits per heavy atom. The van der Waals surface area contributed by atoms with Crippen molar-refractivity contribution in [2.45, 2.75) is 26.3 Å². The van der Waals surface area contributed by atoms with Crippen LogP contribution in [0.1, 0.15) is 34.3 Å². The third-order valence-corrected chi connectivity index (χ3v) is 4.06. The normalized spacial score (nSPS) is 13.4. The van der Waals surface area contributed by atoms with Crippen LogP contribution in [0.3, 0.4) is 0 Å². The fourth-order valence-electron chi connectivity index (χ4n) is 2.38. The van der Waals surface area contributed by atoms with Crippen LogP contribution in [0.5, 0.6) is 0 Å². The predicted octanol–water partition coefficient (Wildman–Crippen LogP) is 3.27. The number of hydrogen-bond donors (Lipinski definition) is 2. The molecule has 4 nitrogen and oxygen atoms in total. The summed E-state index contributed by atoms with van der Waals surface area (Å²) in [4.78, 5) is 23.9. The Bertz CT molecular complexity index is 718. The van der Waals surface area contributed by atoms with Crippen LogP contribution in [0.2, 0.25) is 0 Å². The van der Waals surface area contributed by atoms with E-state index in [0.717, 1.165) is 29.7 Å². The number of carbonyl (C=O) groups excluding carboxylic acids is 2. The van der Waals surface area contributed by atoms with Gasteiger partial charge in [-0.2, -0.15) is 0 Å². The van der Waals surface area contributed by atoms with Crippen molar-refractivity contribution < 1.29 is 9.59 Å². The van der Waals surface area contributed by atoms with Gasteiger partial charge in [-0.25, -0.2) is 0 Å². The molecule has 0 bridgehead atoms. The van der Waals surface area contributed by atoms with Crippen molar-refractivity contribution >= 4 is 17.5 Å². The van der Waals surface area contributed by atoms with E-state index in [1.54, 1.807) is 24.3 Å². The minimum atomic E-state index is -0.117. The lowest BCUT2D eigenvalue weighted by molar-refractivity contribution is -0.117. The molecule has 0 saturated heterocycles. The van der Waals surface area contributed by atoms with Crippen LogP contribution in [0, 0.1) is 12.8 Å². The van der Waals surface area contributed by atoms with E-state index in [2.05, 4.69) is 10.6 Å². The van der Waals surface area contributed by atoms with Crippen LogP contribution in [-0.4, -0.2) is 11.8 Å². The summed E-state index contributed by atoms with van der Waals surface area (Å²) in [7, 11) is 0. The zero-order chi connectivity index (χ0) is 16.2. The summed E-state index contributed by atoms with van der Waals surface area (Å²) in [6, 6.07) is 15.0. The SMILES string of the molecule is Cc1ccccc1CNC(=O)c1ccc(NC(=O)C2CC2)cc1. The van der Waals surface area contributed by atoms with E-state index in [4.69, 9.17) is 0 Å². The number of benzene rings is 2. The quantitative estimate of drug-likeness (QED) is 0.890. The molecule has 1 aliphatic carbocycles. The zero-order valence-corrected chi connectivity index (χ0v) is 13.1. The number of hydrogen-bond acceptors (Lipinski definition) is 2. The van der Waals surface area contributed by atoms with E-state index < -0.39 is 0 Å². The van der Waals surface area contributed by atoms with Gasteiger partial charge in [-0.1, -0.05) is 24.3 Å². The smallest absolute Gasteiger partial charge is 0.251 e. The molecular formula is C19H20N2O2. The van der Waals surface area contributed by atoms with Gasteiger partial charge in [0.05, 0.1) is 0 Å². The van der Waals surface area contributed by atoms with Gasteiger partial charge in [0.25, 0.3) is 5.91 Å². The first-order valence-corrected chi connectivity index (χ1v) is 7.87. The molecule has 2 aromatic rings. The van der Waals surface area contributed by atoms with Gasteiger partial charge in [0, 0.05) is 23.7 Å². The van der Waals surface area contributed by atoms with Gasteiger partial charge in [-0.15, -0.1) is 0 Å². The van der Waals surface area contributed by atoms with Crippen LogP contribution >= 0.6 is 0 Å². The van der Waals surface area contributed by atoms with Gasteiger partial charge in [0.2, 0.25) is 5.91 Å². The Balaban J connectivity index is 1.57. The number of amides is 2. The number of rotatable bonds is 5. The standard InChI is InChI=1S/C19H20N2O2/c1-13-4-2-3-5-16(13)12-20-18(22)14-8-10-17(11-9-14)21-19(23)15-6-7-15/h2-5,8-11,15H,6-7,12H2,1H3,(H,20,22)(H,21,23). The molecule has 0 spiro atoms. The first kappa shape index (κ1) is 15.3. The Labute approximate surface area is 135 Å². The molecule has 0 heterocycles. The van der Waals surface area contributed by atoms with E-state index in [1.807, 2.05) is 31.2 Å². The summed E-state index contributed by atoms with van der Waals surface area (Å²) >= 11 is 0. The fraction of sp³-hybridized carbons (Fsp3) is 0.263. The molecule has 23 heavy (non-hydrogen) atoms. The van der Waals surface area contributed by atoms with Gasteiger partial charge >= 0.3 is 0 Å². The predicted molar refractivity (Wildman–Crippen MR) is 90.1 cm³/mol. The highest BCUT2D eigenvalue weighted by atomic mass is 16.2. The molecule has 1 fully saturated rings. The molecule has 118 valence electrons. The molecule has 4 heteroatoms. The molecule has 2 aromatic carbocycles. The minimum Gasteiger partial charge on any atom is -0.348 e. The number of carbonyl (C=O) groups is 2. The molecule has 0 aromatic heterocycles. The Kier molecular flexibility index (Phi) is 4.42. The van der Waals surface area contributed by atoms with Crippen LogP contribution in [-0.2, 0) is 11.3 Å². The van der Waals surface area contributed by atoms with Crippen molar-refractivity contribution in [3.8, 4) is 0 Å². The molecular weight excluding hydrogens is 288 g/mol. The van der Waals surface area contributed by atoms with E-state index in [-0.39, 0.29) is 17.7 Å². The van der Waals surface area contributed by atoms with E-state index in [0.29, 0.717) is 12.1 Å². The summed E-state index contributed by atoms with van der Waals surface area (Å²) in [6.07, 6.45) is 1.95. The summed E-state index contributed by atoms with van der Waals surface area (Å²) in [5.74, 6) is 0.127. The molecule has 1 aliphatic rings. The van der Waals surface area contributed by atoms with Gasteiger partial charge in [-0.05, 0) is 55.2 Å². The molecule has 0 unspecified atom stereocenters. The van der Waals surface area contributed by atoms with Crippen molar-refractivity contribution in [2.75, 3.05) is 5.32 Å². The molecule has 2 amide bonds. The van der Waals surface area contributed by atoms with Gasteiger partial charge in [0.15, 0.2) is 0 Å². The second kappa shape index (κ2) is 6.65. The van der Waals surface area contributed by atoms with Crippen LogP contribution in [0.25, 0.3) is 0 Å². The first-order chi connectivity index (χ1) is 11.1. The van der Waals surface area contributed by atoms with Crippen molar-refractivity contribution in [1.29, 1.82) is 0 Å². The first-order valence-electron chi connectivity index (χ1n) is 7.87. The summed E-state index contributed by atoms with van der Waals surface area (Å²) in [6.45, 7) is 2.53. The van der Waals surface area contributed by atoms with Crippen LogP contribution in [0.4, 0.5) is 5.69 Å². The van der Waals surface area contributed by atoms with Gasteiger partial charge in [-0.3, -0.25) is 9.59 Å². The summed E-state index contributed by atoms with van der Waals surface area (Å²) in [5, 5.41) is 5.78. The molecule has 0 atom stereocenters.